The van der Waals surface area contributed by atoms with Crippen LogP contribution < -0.4 is 4.72 Å². The molecule has 0 aliphatic carbocycles. The van der Waals surface area contributed by atoms with Crippen molar-refractivity contribution >= 4 is 10.3 Å². The normalized spacial score (nSPS) is 11.8. The predicted octanol–water partition coefficient (Wildman–Crippen LogP) is 0.959. The number of hydrogen-bond donors (Lipinski definition) is 2. The topological polar surface area (TPSA) is 66.4 Å². The molecule has 0 saturated heterocycles. The Morgan fingerprint density at radius 1 is 1.27 bits per heavy atom. The maximum Gasteiger partial charge on any atom is 0.333 e. The lowest BCUT2D eigenvalue weighted by Crippen LogP contribution is -2.23. The van der Waals surface area contributed by atoms with Crippen LogP contribution in [0.2, 0.25) is 0 Å². The number of unbranched alkanes of at least 4 members (excludes halogenated alkanes) is 3. The highest BCUT2D eigenvalue weighted by atomic mass is 32.2. The van der Waals surface area contributed by atoms with E-state index in [-0.39, 0.29) is 0 Å². The van der Waals surface area contributed by atoms with Gasteiger partial charge in [0.05, 0.1) is 0 Å². The van der Waals surface area contributed by atoms with E-state index < -0.39 is 10.3 Å². The first-order valence-corrected chi connectivity index (χ1v) is 5.22. The first-order valence-electron chi connectivity index (χ1n) is 3.78. The Bertz CT molecular complexity index is 176. The Labute approximate surface area is 67.9 Å². The summed E-state index contributed by atoms with van der Waals surface area (Å²) in [7, 11) is -3.96. The fraction of sp³-hybridized carbons (Fsp3) is 1.00. The second-order valence-electron chi connectivity index (χ2n) is 2.43. The molecule has 0 aromatic heterocycles. The first kappa shape index (κ1) is 10.9. The van der Waals surface area contributed by atoms with Gasteiger partial charge in [-0.1, -0.05) is 26.2 Å². The lowest BCUT2D eigenvalue weighted by molar-refractivity contribution is 0.465. The second-order valence-corrected chi connectivity index (χ2v) is 3.67. The van der Waals surface area contributed by atoms with E-state index in [4.69, 9.17) is 4.55 Å². The Morgan fingerprint density at radius 2 is 1.91 bits per heavy atom. The van der Waals surface area contributed by atoms with Crippen LogP contribution in [0.1, 0.15) is 32.6 Å². The Balaban J connectivity index is 3.16. The molecular weight excluding hydrogens is 166 g/mol. The summed E-state index contributed by atoms with van der Waals surface area (Å²) in [5.41, 5.74) is 0. The van der Waals surface area contributed by atoms with Crippen molar-refractivity contribution in [3.8, 4) is 0 Å². The van der Waals surface area contributed by atoms with Crippen molar-refractivity contribution in [2.24, 2.45) is 0 Å². The van der Waals surface area contributed by atoms with Gasteiger partial charge in [0.2, 0.25) is 0 Å². The molecule has 68 valence electrons. The van der Waals surface area contributed by atoms with Crippen LogP contribution in [0.4, 0.5) is 0 Å². The van der Waals surface area contributed by atoms with E-state index in [1.54, 1.807) is 0 Å². The molecule has 0 amide bonds. The van der Waals surface area contributed by atoms with Gasteiger partial charge in [0.1, 0.15) is 0 Å². The molecule has 0 spiro atoms. The van der Waals surface area contributed by atoms with Crippen molar-refractivity contribution in [2.75, 3.05) is 6.54 Å². The zero-order valence-corrected chi connectivity index (χ0v) is 7.52. The van der Waals surface area contributed by atoms with Crippen LogP contribution in [0.5, 0.6) is 0 Å². The van der Waals surface area contributed by atoms with E-state index in [0.29, 0.717) is 6.54 Å². The summed E-state index contributed by atoms with van der Waals surface area (Å²) in [5.74, 6) is 0. The Morgan fingerprint density at radius 3 is 2.36 bits per heavy atom. The zero-order valence-electron chi connectivity index (χ0n) is 6.71. The summed E-state index contributed by atoms with van der Waals surface area (Å²) < 4.78 is 30.5. The van der Waals surface area contributed by atoms with Crippen LogP contribution in [0.3, 0.4) is 0 Å². The fourth-order valence-corrected chi connectivity index (χ4v) is 1.16. The average Bonchev–Trinajstić information content (AvgIpc) is 1.85. The van der Waals surface area contributed by atoms with Crippen LogP contribution in [-0.2, 0) is 10.3 Å². The third-order valence-electron chi connectivity index (χ3n) is 1.31. The molecule has 5 heteroatoms. The number of rotatable bonds is 6. The molecule has 0 rings (SSSR count). The van der Waals surface area contributed by atoms with Crippen LogP contribution in [0.25, 0.3) is 0 Å². The van der Waals surface area contributed by atoms with E-state index in [0.717, 1.165) is 25.7 Å². The molecule has 0 unspecified atom stereocenters. The van der Waals surface area contributed by atoms with E-state index in [1.165, 1.54) is 0 Å². The predicted molar refractivity (Wildman–Crippen MR) is 43.7 cm³/mol. The molecule has 0 saturated carbocycles. The quantitative estimate of drug-likeness (QED) is 0.474. The van der Waals surface area contributed by atoms with Gasteiger partial charge >= 0.3 is 10.3 Å². The highest BCUT2D eigenvalue weighted by Gasteiger charge is 1.99. The summed E-state index contributed by atoms with van der Waals surface area (Å²) in [5, 5.41) is 0. The largest absolute Gasteiger partial charge is 0.333 e. The summed E-state index contributed by atoms with van der Waals surface area (Å²) in [4.78, 5) is 0. The van der Waals surface area contributed by atoms with Crippen LogP contribution in [-0.4, -0.2) is 19.5 Å². The molecule has 0 atom stereocenters. The molecular formula is C6H15NO3S. The lowest BCUT2D eigenvalue weighted by Gasteiger charge is -1.99. The van der Waals surface area contributed by atoms with E-state index >= 15 is 0 Å². The zero-order chi connectivity index (χ0) is 8.74. The minimum atomic E-state index is -3.96. The SMILES string of the molecule is CCCCCCNS(=O)(=O)O. The minimum absolute atomic E-state index is 0.332. The molecule has 2 N–H and O–H groups in total. The van der Waals surface area contributed by atoms with Crippen molar-refractivity contribution in [3.63, 3.8) is 0 Å². The molecule has 0 aliphatic rings. The highest BCUT2D eigenvalue weighted by Crippen LogP contribution is 1.97. The number of nitrogens with one attached hydrogen (secondary N) is 1. The molecule has 0 heterocycles. The smallest absolute Gasteiger partial charge is 0.273 e. The maximum absolute atomic E-state index is 10.1. The third-order valence-corrected chi connectivity index (χ3v) is 1.88. The van der Waals surface area contributed by atoms with Gasteiger partial charge in [-0.15, -0.1) is 0 Å². The molecule has 11 heavy (non-hydrogen) atoms. The first-order chi connectivity index (χ1) is 5.06. The van der Waals surface area contributed by atoms with Gasteiger partial charge < -0.3 is 0 Å². The molecule has 0 fully saturated rings. The van der Waals surface area contributed by atoms with Gasteiger partial charge in [-0.3, -0.25) is 4.55 Å². The Kier molecular flexibility index (Phi) is 5.45. The van der Waals surface area contributed by atoms with Crippen molar-refractivity contribution in [3.05, 3.63) is 0 Å². The standard InChI is InChI=1S/C6H15NO3S/c1-2-3-4-5-6-7-11(8,9)10/h7H,2-6H2,1H3,(H,8,9,10). The van der Waals surface area contributed by atoms with Crippen molar-refractivity contribution in [1.29, 1.82) is 0 Å². The van der Waals surface area contributed by atoms with Gasteiger partial charge in [0.15, 0.2) is 0 Å². The minimum Gasteiger partial charge on any atom is -0.273 e. The monoisotopic (exact) mass is 181 g/mol. The maximum atomic E-state index is 10.1. The van der Waals surface area contributed by atoms with Crippen molar-refractivity contribution in [1.82, 2.24) is 4.72 Å². The van der Waals surface area contributed by atoms with Gasteiger partial charge in [-0.25, -0.2) is 0 Å². The average molecular weight is 181 g/mol. The van der Waals surface area contributed by atoms with Gasteiger partial charge in [-0.2, -0.15) is 13.1 Å². The molecule has 0 aromatic rings. The van der Waals surface area contributed by atoms with Crippen LogP contribution in [0, 0.1) is 0 Å². The van der Waals surface area contributed by atoms with Crippen molar-refractivity contribution < 1.29 is 13.0 Å². The molecule has 0 bridgehead atoms. The van der Waals surface area contributed by atoms with Crippen LogP contribution in [0.15, 0.2) is 0 Å². The molecule has 0 aliphatic heterocycles. The fourth-order valence-electron chi connectivity index (χ4n) is 0.753. The third kappa shape index (κ3) is 9.87. The van der Waals surface area contributed by atoms with E-state index in [9.17, 15) is 8.42 Å². The van der Waals surface area contributed by atoms with Gasteiger partial charge in [0.25, 0.3) is 0 Å². The molecule has 0 radical (unpaired) electrons. The second kappa shape index (κ2) is 5.51. The number of hydrogen-bond acceptors (Lipinski definition) is 2. The molecule has 0 aromatic carbocycles. The highest BCUT2D eigenvalue weighted by molar-refractivity contribution is 7.83. The molecule has 4 nitrogen and oxygen atoms in total. The van der Waals surface area contributed by atoms with Crippen molar-refractivity contribution in [2.45, 2.75) is 32.6 Å². The summed E-state index contributed by atoms with van der Waals surface area (Å²) in [6, 6.07) is 0. The summed E-state index contributed by atoms with van der Waals surface area (Å²) >= 11 is 0. The van der Waals surface area contributed by atoms with Gasteiger partial charge in [0, 0.05) is 6.54 Å². The van der Waals surface area contributed by atoms with E-state index in [2.05, 4.69) is 6.92 Å². The summed E-state index contributed by atoms with van der Waals surface area (Å²) in [6.45, 7) is 2.41. The van der Waals surface area contributed by atoms with Crippen LogP contribution >= 0.6 is 0 Å². The lowest BCUT2D eigenvalue weighted by atomic mass is 10.2. The Hall–Kier alpha value is -0.130. The summed E-state index contributed by atoms with van der Waals surface area (Å²) in [6.07, 6.45) is 4.01. The van der Waals surface area contributed by atoms with Gasteiger partial charge in [-0.05, 0) is 6.42 Å². The van der Waals surface area contributed by atoms with E-state index in [1.807, 2.05) is 4.72 Å².